The van der Waals surface area contributed by atoms with Crippen LogP contribution in [0, 0.1) is 0 Å². The third-order valence-electron chi connectivity index (χ3n) is 6.61. The standard InChI is InChI=1S/C22H24F2N8O2S2/c1-12-11-31(8-7-25-12)15-10-13(36(33,34)30-22(2)4-5-22)9-14-17(20-28-29-21(35-20)19(23)24)27-16-3-6-26-32(16)18(14)15/h3,6,9-10,12,19,25,30H,4-5,7-8,11H2,1-2H3/t12-/m1/s1. The number of halogens is 2. The topological polar surface area (TPSA) is 117 Å². The van der Waals surface area contributed by atoms with E-state index in [4.69, 9.17) is 0 Å². The molecule has 1 saturated carbocycles. The molecule has 36 heavy (non-hydrogen) atoms. The van der Waals surface area contributed by atoms with E-state index in [0.717, 1.165) is 30.7 Å². The van der Waals surface area contributed by atoms with Crippen molar-refractivity contribution in [3.8, 4) is 10.7 Å². The first-order chi connectivity index (χ1) is 17.1. The third kappa shape index (κ3) is 4.11. The largest absolute Gasteiger partial charge is 0.367 e. The summed E-state index contributed by atoms with van der Waals surface area (Å²) < 4.78 is 58.0. The van der Waals surface area contributed by atoms with Crippen molar-refractivity contribution in [1.29, 1.82) is 0 Å². The van der Waals surface area contributed by atoms with Crippen molar-refractivity contribution in [1.82, 2.24) is 34.8 Å². The van der Waals surface area contributed by atoms with Crippen LogP contribution < -0.4 is 14.9 Å². The van der Waals surface area contributed by atoms with E-state index in [2.05, 4.69) is 42.1 Å². The Morgan fingerprint density at radius 1 is 1.28 bits per heavy atom. The number of hydrogen-bond donors (Lipinski definition) is 2. The summed E-state index contributed by atoms with van der Waals surface area (Å²) in [6.45, 7) is 5.97. The van der Waals surface area contributed by atoms with Crippen LogP contribution in [0.1, 0.15) is 38.1 Å². The van der Waals surface area contributed by atoms with E-state index >= 15 is 0 Å². The Morgan fingerprint density at radius 3 is 2.78 bits per heavy atom. The number of benzene rings is 1. The average molecular weight is 535 g/mol. The average Bonchev–Trinajstić information content (AvgIpc) is 3.22. The van der Waals surface area contributed by atoms with Crippen LogP contribution in [0.3, 0.4) is 0 Å². The number of fused-ring (bicyclic) bond motifs is 3. The van der Waals surface area contributed by atoms with E-state index < -0.39 is 27.0 Å². The molecule has 10 nitrogen and oxygen atoms in total. The number of nitrogens with one attached hydrogen (secondary N) is 2. The zero-order chi connectivity index (χ0) is 25.2. The summed E-state index contributed by atoms with van der Waals surface area (Å²) in [6, 6.07) is 5.10. The molecule has 0 radical (unpaired) electrons. The highest BCUT2D eigenvalue weighted by Crippen LogP contribution is 2.40. The summed E-state index contributed by atoms with van der Waals surface area (Å²) in [7, 11) is -3.87. The van der Waals surface area contributed by atoms with E-state index in [1.54, 1.807) is 22.8 Å². The van der Waals surface area contributed by atoms with E-state index in [1.165, 1.54) is 6.07 Å². The maximum Gasteiger partial charge on any atom is 0.291 e. The molecule has 6 rings (SSSR count). The van der Waals surface area contributed by atoms with Gasteiger partial charge in [0.15, 0.2) is 15.7 Å². The van der Waals surface area contributed by atoms with Crippen LogP contribution in [0.5, 0.6) is 0 Å². The molecule has 1 aliphatic heterocycles. The summed E-state index contributed by atoms with van der Waals surface area (Å²) in [6.07, 6.45) is 0.368. The highest BCUT2D eigenvalue weighted by Gasteiger charge is 2.41. The fraction of sp³-hybridized carbons (Fsp3) is 0.455. The Bertz CT molecular complexity index is 1580. The van der Waals surface area contributed by atoms with Gasteiger partial charge < -0.3 is 10.2 Å². The minimum Gasteiger partial charge on any atom is -0.367 e. The second-order valence-electron chi connectivity index (χ2n) is 9.61. The minimum absolute atomic E-state index is 0.0810. The Hall–Kier alpha value is -2.81. The van der Waals surface area contributed by atoms with Gasteiger partial charge in [0.2, 0.25) is 10.0 Å². The van der Waals surface area contributed by atoms with Gasteiger partial charge in [0.25, 0.3) is 6.43 Å². The Labute approximate surface area is 209 Å². The smallest absolute Gasteiger partial charge is 0.291 e. The van der Waals surface area contributed by atoms with Gasteiger partial charge in [-0.1, -0.05) is 11.3 Å². The lowest BCUT2D eigenvalue weighted by atomic mass is 10.1. The first-order valence-corrected chi connectivity index (χ1v) is 13.9. The van der Waals surface area contributed by atoms with E-state index in [-0.39, 0.29) is 15.9 Å². The van der Waals surface area contributed by atoms with Gasteiger partial charge in [-0.3, -0.25) is 0 Å². The van der Waals surface area contributed by atoms with Gasteiger partial charge in [-0.25, -0.2) is 31.4 Å². The lowest BCUT2D eigenvalue weighted by molar-refractivity contribution is 0.150. The highest BCUT2D eigenvalue weighted by atomic mass is 32.2. The lowest BCUT2D eigenvalue weighted by Gasteiger charge is -2.34. The van der Waals surface area contributed by atoms with Crippen molar-refractivity contribution in [3.63, 3.8) is 0 Å². The molecule has 14 heteroatoms. The monoisotopic (exact) mass is 534 g/mol. The quantitative estimate of drug-likeness (QED) is 0.388. The molecule has 0 bridgehead atoms. The van der Waals surface area contributed by atoms with Crippen molar-refractivity contribution >= 4 is 43.6 Å². The molecule has 1 saturated heterocycles. The predicted octanol–water partition coefficient (Wildman–Crippen LogP) is 2.97. The molecule has 4 heterocycles. The van der Waals surface area contributed by atoms with Gasteiger partial charge in [0, 0.05) is 42.7 Å². The van der Waals surface area contributed by atoms with Gasteiger partial charge in [-0.15, -0.1) is 10.2 Å². The van der Waals surface area contributed by atoms with Crippen LogP contribution in [0.2, 0.25) is 0 Å². The summed E-state index contributed by atoms with van der Waals surface area (Å²) in [5.74, 6) is 0. The zero-order valence-corrected chi connectivity index (χ0v) is 21.2. The molecule has 0 spiro atoms. The molecule has 4 aromatic rings. The van der Waals surface area contributed by atoms with E-state index in [9.17, 15) is 17.2 Å². The van der Waals surface area contributed by atoms with Gasteiger partial charge in [0.1, 0.15) is 5.69 Å². The number of piperazine rings is 1. The van der Waals surface area contributed by atoms with Crippen molar-refractivity contribution in [2.24, 2.45) is 0 Å². The first kappa shape index (κ1) is 23.6. The Balaban J connectivity index is 1.65. The summed E-state index contributed by atoms with van der Waals surface area (Å²) in [5.41, 5.74) is 1.64. The van der Waals surface area contributed by atoms with Crippen LogP contribution in [0.4, 0.5) is 14.5 Å². The zero-order valence-electron chi connectivity index (χ0n) is 19.6. The Kier molecular flexibility index (Phi) is 5.48. The SMILES string of the molecule is C[C@@H]1CN(c2cc(S(=O)(=O)NC3(C)CC3)cc3c(-c4nnc(C(F)F)s4)nc4ccnn4c23)CCN1. The molecule has 2 aliphatic rings. The molecule has 3 aromatic heterocycles. The Morgan fingerprint density at radius 2 is 2.08 bits per heavy atom. The van der Waals surface area contributed by atoms with Crippen molar-refractivity contribution in [2.45, 2.75) is 49.6 Å². The second-order valence-corrected chi connectivity index (χ2v) is 12.3. The normalized spacial score (nSPS) is 20.0. The van der Waals surface area contributed by atoms with Crippen LogP contribution in [0.25, 0.3) is 27.3 Å². The van der Waals surface area contributed by atoms with Gasteiger partial charge in [0.05, 0.1) is 22.3 Å². The number of hydrogen-bond acceptors (Lipinski definition) is 9. The maximum absolute atomic E-state index is 13.5. The molecule has 1 atom stereocenters. The molecule has 1 aromatic carbocycles. The fourth-order valence-electron chi connectivity index (χ4n) is 4.53. The molecule has 2 N–H and O–H groups in total. The molecule has 2 fully saturated rings. The highest BCUT2D eigenvalue weighted by molar-refractivity contribution is 7.89. The van der Waals surface area contributed by atoms with Crippen molar-refractivity contribution < 1.29 is 17.2 Å². The number of anilines is 1. The van der Waals surface area contributed by atoms with Crippen molar-refractivity contribution in [3.05, 3.63) is 29.4 Å². The molecular weight excluding hydrogens is 510 g/mol. The first-order valence-electron chi connectivity index (χ1n) is 11.6. The number of aromatic nitrogens is 5. The molecule has 0 amide bonds. The van der Waals surface area contributed by atoms with Crippen LogP contribution in [0.15, 0.2) is 29.3 Å². The number of nitrogens with zero attached hydrogens (tertiary/aromatic N) is 6. The molecule has 1 aliphatic carbocycles. The fourth-order valence-corrected chi connectivity index (χ4v) is 6.74. The van der Waals surface area contributed by atoms with Crippen LogP contribution in [-0.4, -0.2) is 64.4 Å². The second kappa shape index (κ2) is 8.36. The number of sulfonamides is 1. The molecule has 190 valence electrons. The lowest BCUT2D eigenvalue weighted by Crippen LogP contribution is -2.49. The maximum atomic E-state index is 13.5. The predicted molar refractivity (Wildman–Crippen MR) is 132 cm³/mol. The summed E-state index contributed by atoms with van der Waals surface area (Å²) >= 11 is 0.742. The molecular formula is C22H24F2N8O2S2. The summed E-state index contributed by atoms with van der Waals surface area (Å²) in [4.78, 5) is 6.84. The number of rotatable bonds is 6. The van der Waals surface area contributed by atoms with E-state index in [0.29, 0.717) is 41.0 Å². The molecule has 0 unspecified atom stereocenters. The van der Waals surface area contributed by atoms with Crippen LogP contribution in [-0.2, 0) is 10.0 Å². The van der Waals surface area contributed by atoms with Crippen molar-refractivity contribution in [2.75, 3.05) is 24.5 Å². The van der Waals surface area contributed by atoms with Crippen LogP contribution >= 0.6 is 11.3 Å². The third-order valence-corrected chi connectivity index (χ3v) is 9.16. The van der Waals surface area contributed by atoms with Gasteiger partial charge in [-0.05, 0) is 38.8 Å². The minimum atomic E-state index is -3.87. The number of alkyl halides is 2. The van der Waals surface area contributed by atoms with Gasteiger partial charge >= 0.3 is 0 Å². The van der Waals surface area contributed by atoms with E-state index in [1.807, 2.05) is 6.92 Å². The summed E-state index contributed by atoms with van der Waals surface area (Å²) in [5, 5.41) is 15.7. The van der Waals surface area contributed by atoms with Gasteiger partial charge in [-0.2, -0.15) is 5.10 Å².